The molecule has 0 unspecified atom stereocenters. The highest BCUT2D eigenvalue weighted by Gasteiger charge is 2.28. The second kappa shape index (κ2) is 5.66. The molecule has 2 aromatic carbocycles. The van der Waals surface area contributed by atoms with E-state index < -0.39 is 11.9 Å². The summed E-state index contributed by atoms with van der Waals surface area (Å²) in [7, 11) is 0. The maximum atomic E-state index is 13.1. The topological polar surface area (TPSA) is 46.3 Å². The van der Waals surface area contributed by atoms with Gasteiger partial charge in [0.15, 0.2) is 0 Å². The first-order valence-electron chi connectivity index (χ1n) is 7.01. The van der Waals surface area contributed by atoms with Gasteiger partial charge >= 0.3 is 0 Å². The number of primary amides is 1. The van der Waals surface area contributed by atoms with Crippen LogP contribution < -0.4 is 5.73 Å². The first-order valence-corrected chi connectivity index (χ1v) is 7.01. The first-order chi connectivity index (χ1) is 10.1. The number of halogens is 1. The molecule has 3 rings (SSSR count). The minimum atomic E-state index is -0.515. The molecule has 0 saturated heterocycles. The van der Waals surface area contributed by atoms with Gasteiger partial charge in [0.2, 0.25) is 5.91 Å². The molecule has 0 radical (unpaired) electrons. The van der Waals surface area contributed by atoms with E-state index in [4.69, 9.17) is 5.73 Å². The summed E-state index contributed by atoms with van der Waals surface area (Å²) in [4.78, 5) is 13.9. The highest BCUT2D eigenvalue weighted by atomic mass is 19.1. The number of amides is 1. The van der Waals surface area contributed by atoms with Crippen LogP contribution >= 0.6 is 0 Å². The second-order valence-electron chi connectivity index (χ2n) is 5.35. The van der Waals surface area contributed by atoms with Crippen molar-refractivity contribution in [3.63, 3.8) is 0 Å². The molecule has 0 fully saturated rings. The highest BCUT2D eigenvalue weighted by molar-refractivity contribution is 5.81. The molecular weight excluding hydrogens is 267 g/mol. The van der Waals surface area contributed by atoms with E-state index in [1.807, 2.05) is 12.1 Å². The standard InChI is InChI=1S/C17H17FN2O/c18-15-7-5-13(6-8-15)16(17(19)21)20-10-9-12-3-1-2-4-14(12)11-20/h1-8,16H,9-11H2,(H2,19,21)/t16-/m0/s1. The number of hydrogen-bond acceptors (Lipinski definition) is 2. The van der Waals surface area contributed by atoms with Crippen LogP contribution in [0.15, 0.2) is 48.5 Å². The van der Waals surface area contributed by atoms with Crippen LogP contribution in [0.25, 0.3) is 0 Å². The Bertz CT molecular complexity index is 654. The molecule has 1 amide bonds. The minimum absolute atomic E-state index is 0.314. The molecule has 3 nitrogen and oxygen atoms in total. The number of nitrogens with zero attached hydrogens (tertiary/aromatic N) is 1. The molecule has 0 aromatic heterocycles. The fraction of sp³-hybridized carbons (Fsp3) is 0.235. The SMILES string of the molecule is NC(=O)[C@H](c1ccc(F)cc1)N1CCc2ccccc2C1. The van der Waals surface area contributed by atoms with Crippen molar-refractivity contribution in [2.75, 3.05) is 6.54 Å². The molecule has 2 aromatic rings. The molecule has 1 heterocycles. The third-order valence-electron chi connectivity index (χ3n) is 3.98. The van der Waals surface area contributed by atoms with Crippen LogP contribution in [0.5, 0.6) is 0 Å². The van der Waals surface area contributed by atoms with Gasteiger partial charge in [-0.25, -0.2) is 4.39 Å². The number of benzene rings is 2. The molecule has 2 N–H and O–H groups in total. The van der Waals surface area contributed by atoms with E-state index in [0.29, 0.717) is 6.54 Å². The van der Waals surface area contributed by atoms with Crippen LogP contribution in [0.4, 0.5) is 4.39 Å². The van der Waals surface area contributed by atoms with Crippen LogP contribution in [0.2, 0.25) is 0 Å². The van der Waals surface area contributed by atoms with Gasteiger partial charge in [-0.2, -0.15) is 0 Å². The summed E-state index contributed by atoms with van der Waals surface area (Å²) in [6, 6.07) is 13.7. The average molecular weight is 284 g/mol. The maximum Gasteiger partial charge on any atom is 0.239 e. The molecule has 1 atom stereocenters. The third kappa shape index (κ3) is 2.81. The molecule has 1 aliphatic heterocycles. The number of fused-ring (bicyclic) bond motifs is 1. The number of nitrogens with two attached hydrogens (primary N) is 1. The quantitative estimate of drug-likeness (QED) is 0.941. The molecule has 1 aliphatic rings. The van der Waals surface area contributed by atoms with E-state index in [9.17, 15) is 9.18 Å². The number of hydrogen-bond donors (Lipinski definition) is 1. The fourth-order valence-corrected chi connectivity index (χ4v) is 2.94. The summed E-state index contributed by atoms with van der Waals surface area (Å²) in [5.74, 6) is -0.716. The van der Waals surface area contributed by atoms with Gasteiger partial charge in [-0.1, -0.05) is 36.4 Å². The molecule has 0 bridgehead atoms. The number of carbonyl (C=O) groups is 1. The summed E-state index contributed by atoms with van der Waals surface area (Å²) in [5.41, 5.74) is 8.86. The van der Waals surface area contributed by atoms with Gasteiger partial charge < -0.3 is 5.73 Å². The van der Waals surface area contributed by atoms with Crippen molar-refractivity contribution in [2.45, 2.75) is 19.0 Å². The van der Waals surface area contributed by atoms with Crippen molar-refractivity contribution in [3.8, 4) is 0 Å². The lowest BCUT2D eigenvalue weighted by Gasteiger charge is -2.34. The van der Waals surface area contributed by atoms with Gasteiger partial charge in [-0.15, -0.1) is 0 Å². The summed E-state index contributed by atoms with van der Waals surface area (Å²) >= 11 is 0. The smallest absolute Gasteiger partial charge is 0.239 e. The molecular formula is C17H17FN2O. The minimum Gasteiger partial charge on any atom is -0.368 e. The van der Waals surface area contributed by atoms with Crippen LogP contribution in [-0.2, 0) is 17.8 Å². The molecule has 0 saturated carbocycles. The Labute approximate surface area is 123 Å². The zero-order valence-corrected chi connectivity index (χ0v) is 11.6. The zero-order chi connectivity index (χ0) is 14.8. The van der Waals surface area contributed by atoms with Gasteiger partial charge in [0.1, 0.15) is 11.9 Å². The lowest BCUT2D eigenvalue weighted by atomic mass is 9.96. The summed E-state index contributed by atoms with van der Waals surface area (Å²) < 4.78 is 13.1. The first kappa shape index (κ1) is 13.8. The van der Waals surface area contributed by atoms with Crippen LogP contribution in [-0.4, -0.2) is 17.4 Å². The van der Waals surface area contributed by atoms with Crippen molar-refractivity contribution >= 4 is 5.91 Å². The van der Waals surface area contributed by atoms with Crippen molar-refractivity contribution in [2.24, 2.45) is 5.73 Å². The molecule has 0 aliphatic carbocycles. The van der Waals surface area contributed by atoms with Crippen molar-refractivity contribution in [3.05, 3.63) is 71.0 Å². The average Bonchev–Trinajstić information content (AvgIpc) is 2.49. The third-order valence-corrected chi connectivity index (χ3v) is 3.98. The Morgan fingerprint density at radius 1 is 1.10 bits per heavy atom. The van der Waals surface area contributed by atoms with E-state index in [-0.39, 0.29) is 5.82 Å². The molecule has 4 heteroatoms. The Kier molecular flexibility index (Phi) is 3.71. The Morgan fingerprint density at radius 3 is 2.43 bits per heavy atom. The van der Waals surface area contributed by atoms with Crippen LogP contribution in [0.1, 0.15) is 22.7 Å². The Morgan fingerprint density at radius 2 is 1.76 bits per heavy atom. The van der Waals surface area contributed by atoms with Crippen LogP contribution in [0.3, 0.4) is 0 Å². The normalized spacial score (nSPS) is 16.2. The summed E-state index contributed by atoms with van der Waals surface area (Å²) in [6.07, 6.45) is 0.890. The van der Waals surface area contributed by atoms with Gasteiger partial charge in [-0.3, -0.25) is 9.69 Å². The summed E-state index contributed by atoms with van der Waals surface area (Å²) in [5, 5.41) is 0. The van der Waals surface area contributed by atoms with E-state index in [2.05, 4.69) is 17.0 Å². The second-order valence-corrected chi connectivity index (χ2v) is 5.35. The largest absolute Gasteiger partial charge is 0.368 e. The lowest BCUT2D eigenvalue weighted by molar-refractivity contribution is -0.123. The van der Waals surface area contributed by atoms with E-state index >= 15 is 0 Å². The maximum absolute atomic E-state index is 13.1. The Hall–Kier alpha value is -2.20. The predicted molar refractivity (Wildman–Crippen MR) is 78.9 cm³/mol. The van der Waals surface area contributed by atoms with Crippen molar-refractivity contribution < 1.29 is 9.18 Å². The summed E-state index contributed by atoms with van der Waals surface area (Å²) in [6.45, 7) is 1.45. The zero-order valence-electron chi connectivity index (χ0n) is 11.6. The van der Waals surface area contributed by atoms with E-state index in [0.717, 1.165) is 18.5 Å². The van der Waals surface area contributed by atoms with Gasteiger partial charge in [0.05, 0.1) is 0 Å². The van der Waals surface area contributed by atoms with Crippen molar-refractivity contribution in [1.82, 2.24) is 4.90 Å². The van der Waals surface area contributed by atoms with Crippen LogP contribution in [0, 0.1) is 5.82 Å². The predicted octanol–water partition coefficient (Wildman–Crippen LogP) is 2.41. The highest BCUT2D eigenvalue weighted by Crippen LogP contribution is 2.27. The van der Waals surface area contributed by atoms with Gasteiger partial charge in [0.25, 0.3) is 0 Å². The fourth-order valence-electron chi connectivity index (χ4n) is 2.94. The number of rotatable bonds is 3. The van der Waals surface area contributed by atoms with E-state index in [1.165, 1.54) is 23.3 Å². The van der Waals surface area contributed by atoms with Gasteiger partial charge in [-0.05, 0) is 35.2 Å². The lowest BCUT2D eigenvalue weighted by Crippen LogP contribution is -2.40. The molecule has 21 heavy (non-hydrogen) atoms. The van der Waals surface area contributed by atoms with E-state index in [1.54, 1.807) is 12.1 Å². The van der Waals surface area contributed by atoms with Gasteiger partial charge in [0, 0.05) is 13.1 Å². The number of carbonyl (C=O) groups excluding carboxylic acids is 1. The molecule has 108 valence electrons. The monoisotopic (exact) mass is 284 g/mol. The van der Waals surface area contributed by atoms with Crippen molar-refractivity contribution in [1.29, 1.82) is 0 Å². The molecule has 0 spiro atoms. The Balaban J connectivity index is 1.89.